The summed E-state index contributed by atoms with van der Waals surface area (Å²) in [6.07, 6.45) is -3.19. The van der Waals surface area contributed by atoms with E-state index in [2.05, 4.69) is 5.48 Å². The van der Waals surface area contributed by atoms with E-state index in [1.165, 1.54) is 0 Å². The van der Waals surface area contributed by atoms with Crippen LogP contribution in [0.1, 0.15) is 22.3 Å². The molecule has 0 bridgehead atoms. The molecule has 5 rings (SSSR count). The molecule has 41 heavy (non-hydrogen) atoms. The lowest BCUT2D eigenvalue weighted by molar-refractivity contribution is -0.291. The van der Waals surface area contributed by atoms with Crippen LogP contribution in [0.25, 0.3) is 0 Å². The Hall–Kier alpha value is -3.40. The van der Waals surface area contributed by atoms with Gasteiger partial charge in [-0.25, -0.2) is 0 Å². The molecule has 0 saturated carbocycles. The molecule has 1 heterocycles. The van der Waals surface area contributed by atoms with Gasteiger partial charge in [0, 0.05) is 0 Å². The average molecular weight is 556 g/mol. The molecule has 0 amide bonds. The van der Waals surface area contributed by atoms with Crippen molar-refractivity contribution in [3.63, 3.8) is 0 Å². The maximum absolute atomic E-state index is 10.2. The van der Waals surface area contributed by atoms with Crippen LogP contribution in [0.4, 0.5) is 0 Å². The first-order valence-electron chi connectivity index (χ1n) is 13.9. The smallest absolute Gasteiger partial charge is 0.159 e. The predicted octanol–water partition coefficient (Wildman–Crippen LogP) is 5.66. The van der Waals surface area contributed by atoms with Crippen molar-refractivity contribution in [2.24, 2.45) is 0 Å². The quantitative estimate of drug-likeness (QED) is 0.194. The minimum absolute atomic E-state index is 0.239. The van der Waals surface area contributed by atoms with E-state index >= 15 is 0 Å². The Morgan fingerprint density at radius 3 is 1.34 bits per heavy atom. The Morgan fingerprint density at radius 2 is 0.902 bits per heavy atom. The van der Waals surface area contributed by atoms with Gasteiger partial charge in [-0.3, -0.25) is 0 Å². The summed E-state index contributed by atoms with van der Waals surface area (Å²) in [7, 11) is 0. The van der Waals surface area contributed by atoms with Crippen LogP contribution in [0.2, 0.25) is 0 Å². The van der Waals surface area contributed by atoms with Gasteiger partial charge in [0.1, 0.15) is 24.4 Å². The normalized spacial score (nSPS) is 22.4. The van der Waals surface area contributed by atoms with Crippen LogP contribution in [0, 0.1) is 0 Å². The van der Waals surface area contributed by atoms with Crippen LogP contribution >= 0.6 is 0 Å². The van der Waals surface area contributed by atoms with Crippen LogP contribution in [0.3, 0.4) is 0 Å². The average Bonchev–Trinajstić information content (AvgIpc) is 3.04. The number of hydrogen-bond acceptors (Lipinski definition) is 7. The third-order valence-electron chi connectivity index (χ3n) is 7.01. The lowest BCUT2D eigenvalue weighted by Crippen LogP contribution is -2.64. The number of rotatable bonds is 14. The lowest BCUT2D eigenvalue weighted by atomic mass is 9.97. The molecule has 0 spiro atoms. The Labute approximate surface area is 241 Å². The molecule has 0 aliphatic carbocycles. The monoisotopic (exact) mass is 555 g/mol. The first kappa shape index (κ1) is 29.1. The van der Waals surface area contributed by atoms with Crippen molar-refractivity contribution in [1.82, 2.24) is 5.48 Å². The minimum Gasteiger partial charge on any atom is -0.374 e. The summed E-state index contributed by atoms with van der Waals surface area (Å²) in [4.78, 5) is 0. The van der Waals surface area contributed by atoms with Crippen LogP contribution in [0.15, 0.2) is 121 Å². The van der Waals surface area contributed by atoms with E-state index in [4.69, 9.17) is 23.7 Å². The SMILES string of the molecule is ONC1O[C@H](COCc2ccccc2)[C@@H](OCc2ccccc2)[C@H](OCc2ccccc2)[C@H]1OCc1ccccc1. The van der Waals surface area contributed by atoms with E-state index in [9.17, 15) is 5.21 Å². The Morgan fingerprint density at radius 1 is 0.512 bits per heavy atom. The third kappa shape index (κ3) is 8.55. The Kier molecular flexibility index (Phi) is 11.0. The summed E-state index contributed by atoms with van der Waals surface area (Å²) in [5, 5.41) is 10.2. The summed E-state index contributed by atoms with van der Waals surface area (Å²) in [5.41, 5.74) is 6.42. The fraction of sp³-hybridized carbons (Fsp3) is 0.294. The molecule has 1 unspecified atom stereocenters. The fourth-order valence-electron chi connectivity index (χ4n) is 4.89. The van der Waals surface area contributed by atoms with Gasteiger partial charge in [0.2, 0.25) is 0 Å². The van der Waals surface area contributed by atoms with Crippen LogP contribution in [-0.4, -0.2) is 42.5 Å². The highest BCUT2D eigenvalue weighted by Crippen LogP contribution is 2.30. The van der Waals surface area contributed by atoms with Crippen molar-refractivity contribution >= 4 is 0 Å². The molecule has 4 aromatic rings. The third-order valence-corrected chi connectivity index (χ3v) is 7.01. The summed E-state index contributed by atoms with van der Waals surface area (Å²) < 4.78 is 31.9. The van der Waals surface area contributed by atoms with E-state index in [1.807, 2.05) is 121 Å². The van der Waals surface area contributed by atoms with Crippen molar-refractivity contribution < 1.29 is 28.9 Å². The van der Waals surface area contributed by atoms with Gasteiger partial charge in [-0.1, -0.05) is 121 Å². The van der Waals surface area contributed by atoms with E-state index in [0.29, 0.717) is 26.4 Å². The van der Waals surface area contributed by atoms with Gasteiger partial charge in [-0.2, -0.15) is 5.48 Å². The van der Waals surface area contributed by atoms with Gasteiger partial charge >= 0.3 is 0 Å². The molecule has 1 fully saturated rings. The lowest BCUT2D eigenvalue weighted by Gasteiger charge is -2.45. The van der Waals surface area contributed by atoms with Crippen LogP contribution in [0.5, 0.6) is 0 Å². The molecule has 1 aliphatic rings. The van der Waals surface area contributed by atoms with Crippen molar-refractivity contribution in [1.29, 1.82) is 0 Å². The molecule has 0 aromatic heterocycles. The van der Waals surface area contributed by atoms with Gasteiger partial charge in [0.05, 0.1) is 33.0 Å². The molecule has 4 aromatic carbocycles. The second-order valence-corrected chi connectivity index (χ2v) is 10.0. The number of hydroxylamine groups is 1. The number of nitrogens with one attached hydrogen (secondary N) is 1. The van der Waals surface area contributed by atoms with Crippen molar-refractivity contribution in [2.45, 2.75) is 57.1 Å². The molecular weight excluding hydrogens is 518 g/mol. The molecule has 0 radical (unpaired) electrons. The fourth-order valence-corrected chi connectivity index (χ4v) is 4.89. The van der Waals surface area contributed by atoms with Gasteiger partial charge in [0.25, 0.3) is 0 Å². The van der Waals surface area contributed by atoms with Gasteiger partial charge < -0.3 is 28.9 Å². The highest BCUT2D eigenvalue weighted by atomic mass is 16.6. The van der Waals surface area contributed by atoms with Gasteiger partial charge in [-0.05, 0) is 22.3 Å². The predicted molar refractivity (Wildman–Crippen MR) is 155 cm³/mol. The van der Waals surface area contributed by atoms with E-state index < -0.39 is 30.6 Å². The minimum atomic E-state index is -0.860. The zero-order chi connectivity index (χ0) is 28.1. The molecule has 1 aliphatic heterocycles. The molecule has 7 heteroatoms. The molecule has 214 valence electrons. The summed E-state index contributed by atoms with van der Waals surface area (Å²) >= 11 is 0. The largest absolute Gasteiger partial charge is 0.374 e. The van der Waals surface area contributed by atoms with Gasteiger partial charge in [0.15, 0.2) is 6.23 Å². The molecule has 7 nitrogen and oxygen atoms in total. The standard InChI is InChI=1S/C34H37NO6/c36-35-34-33(40-24-29-19-11-4-12-20-29)32(39-23-28-17-9-3-10-18-28)31(38-22-27-15-7-2-8-16-27)30(41-34)25-37-21-26-13-5-1-6-14-26/h1-20,30-36H,21-25H2/t30-,31-,32+,33-,34?/m1/s1. The maximum atomic E-state index is 10.2. The van der Waals surface area contributed by atoms with E-state index in [0.717, 1.165) is 22.3 Å². The number of ether oxygens (including phenoxy) is 5. The van der Waals surface area contributed by atoms with Crippen molar-refractivity contribution in [2.75, 3.05) is 6.61 Å². The zero-order valence-corrected chi connectivity index (χ0v) is 23.0. The summed E-state index contributed by atoms with van der Waals surface area (Å²) in [6.45, 7) is 1.68. The first-order valence-corrected chi connectivity index (χ1v) is 13.9. The highest BCUT2D eigenvalue weighted by molar-refractivity contribution is 5.16. The van der Waals surface area contributed by atoms with Crippen LogP contribution < -0.4 is 5.48 Å². The molecular formula is C34H37NO6. The maximum Gasteiger partial charge on any atom is 0.159 e. The van der Waals surface area contributed by atoms with E-state index in [1.54, 1.807) is 0 Å². The van der Waals surface area contributed by atoms with Gasteiger partial charge in [-0.15, -0.1) is 0 Å². The van der Waals surface area contributed by atoms with Crippen molar-refractivity contribution in [3.05, 3.63) is 144 Å². The highest BCUT2D eigenvalue weighted by Gasteiger charge is 2.48. The van der Waals surface area contributed by atoms with Crippen LogP contribution in [-0.2, 0) is 50.1 Å². The van der Waals surface area contributed by atoms with E-state index in [-0.39, 0.29) is 6.61 Å². The molecule has 1 saturated heterocycles. The summed E-state index contributed by atoms with van der Waals surface area (Å²) in [6, 6.07) is 39.8. The number of benzene rings is 4. The summed E-state index contributed by atoms with van der Waals surface area (Å²) in [5.74, 6) is 0. The second-order valence-electron chi connectivity index (χ2n) is 10.0. The Balaban J connectivity index is 1.38. The first-order chi connectivity index (χ1) is 20.3. The number of hydrogen-bond donors (Lipinski definition) is 2. The molecule has 5 atom stereocenters. The van der Waals surface area contributed by atoms with Crippen molar-refractivity contribution in [3.8, 4) is 0 Å². The zero-order valence-electron chi connectivity index (χ0n) is 23.0. The Bertz CT molecular complexity index is 1260. The topological polar surface area (TPSA) is 78.4 Å². The second kappa shape index (κ2) is 15.6. The molecule has 2 N–H and O–H groups in total.